The summed E-state index contributed by atoms with van der Waals surface area (Å²) in [6, 6.07) is 7.69. The molecule has 1 aromatic carbocycles. The minimum Gasteiger partial charge on any atom is -0.384 e. The summed E-state index contributed by atoms with van der Waals surface area (Å²) in [5.74, 6) is 0. The average Bonchev–Trinajstić information content (AvgIpc) is 2.18. The monoisotopic (exact) mass is 189 g/mol. The lowest BCUT2D eigenvalue weighted by Crippen LogP contribution is -2.23. The van der Waals surface area contributed by atoms with E-state index in [0.717, 1.165) is 5.56 Å². The third-order valence-electron chi connectivity index (χ3n) is 2.26. The van der Waals surface area contributed by atoms with Crippen LogP contribution in [-0.2, 0) is 10.2 Å². The van der Waals surface area contributed by atoms with E-state index in [2.05, 4.69) is 18.7 Å². The molecule has 0 saturated heterocycles. The molecule has 2 heteroatoms. The third kappa shape index (κ3) is 2.34. The lowest BCUT2D eigenvalue weighted by Gasteiger charge is -2.24. The summed E-state index contributed by atoms with van der Waals surface area (Å²) in [7, 11) is 1.69. The van der Waals surface area contributed by atoms with Gasteiger partial charge in [-0.05, 0) is 0 Å². The van der Waals surface area contributed by atoms with Crippen LogP contribution >= 0.6 is 0 Å². The Morgan fingerprint density at radius 3 is 2.71 bits per heavy atom. The van der Waals surface area contributed by atoms with Gasteiger partial charge in [0.25, 0.3) is 0 Å². The van der Waals surface area contributed by atoms with Crippen molar-refractivity contribution in [2.45, 2.75) is 19.3 Å². The van der Waals surface area contributed by atoms with Crippen LogP contribution in [0.1, 0.15) is 19.4 Å². The first-order chi connectivity index (χ1) is 6.60. The Kier molecular flexibility index (Phi) is 3.27. The number of hydrogen-bond acceptors (Lipinski definition) is 1. The predicted octanol–water partition coefficient (Wildman–Crippen LogP) is 3.16. The van der Waals surface area contributed by atoms with Crippen LogP contribution in [0.15, 0.2) is 24.3 Å². The number of rotatable bonds is 3. The first-order valence-corrected chi connectivity index (χ1v) is 4.57. The van der Waals surface area contributed by atoms with E-state index < -0.39 is 0 Å². The van der Waals surface area contributed by atoms with Crippen LogP contribution in [0.3, 0.4) is 0 Å². The topological polar surface area (TPSA) is 13.6 Å². The summed E-state index contributed by atoms with van der Waals surface area (Å²) in [5.41, 5.74) is 1.80. The van der Waals surface area contributed by atoms with Crippen LogP contribution in [0.4, 0.5) is 5.69 Å². The molecule has 0 bridgehead atoms. The molecule has 1 rings (SSSR count). The van der Waals surface area contributed by atoms with Gasteiger partial charge in [-0.1, -0.05) is 43.7 Å². The fourth-order valence-corrected chi connectivity index (χ4v) is 1.44. The maximum Gasteiger partial charge on any atom is 0.187 e. The zero-order chi connectivity index (χ0) is 10.6. The highest BCUT2D eigenvalue weighted by Crippen LogP contribution is 2.26. The van der Waals surface area contributed by atoms with E-state index in [4.69, 9.17) is 11.3 Å². The van der Waals surface area contributed by atoms with E-state index in [1.807, 2.05) is 24.3 Å². The van der Waals surface area contributed by atoms with E-state index in [1.165, 1.54) is 0 Å². The average molecular weight is 189 g/mol. The molecular weight excluding hydrogens is 174 g/mol. The van der Waals surface area contributed by atoms with Crippen molar-refractivity contribution in [2.75, 3.05) is 13.7 Å². The van der Waals surface area contributed by atoms with E-state index in [1.54, 1.807) is 7.11 Å². The van der Waals surface area contributed by atoms with Crippen LogP contribution in [0.25, 0.3) is 4.85 Å². The molecular formula is C12H15NO. The number of benzene rings is 1. The van der Waals surface area contributed by atoms with Crippen molar-refractivity contribution in [3.05, 3.63) is 41.2 Å². The van der Waals surface area contributed by atoms with E-state index in [0.29, 0.717) is 12.3 Å². The van der Waals surface area contributed by atoms with Gasteiger partial charge in [0.05, 0.1) is 13.2 Å². The van der Waals surface area contributed by atoms with Gasteiger partial charge in [0.15, 0.2) is 5.69 Å². The number of hydrogen-bond donors (Lipinski definition) is 0. The normalized spacial score (nSPS) is 11.0. The minimum atomic E-state index is -0.0323. The third-order valence-corrected chi connectivity index (χ3v) is 2.26. The molecule has 14 heavy (non-hydrogen) atoms. The van der Waals surface area contributed by atoms with Gasteiger partial charge in [0.1, 0.15) is 0 Å². The first kappa shape index (κ1) is 10.7. The summed E-state index contributed by atoms with van der Waals surface area (Å²) in [4.78, 5) is 3.41. The Morgan fingerprint density at radius 2 is 2.14 bits per heavy atom. The highest BCUT2D eigenvalue weighted by Gasteiger charge is 2.20. The summed E-state index contributed by atoms with van der Waals surface area (Å²) >= 11 is 0. The quantitative estimate of drug-likeness (QED) is 0.666. The summed E-state index contributed by atoms with van der Waals surface area (Å²) in [5, 5.41) is 0. The molecule has 0 atom stereocenters. The van der Waals surface area contributed by atoms with Crippen molar-refractivity contribution in [3.63, 3.8) is 0 Å². The number of nitrogens with zero attached hydrogens (tertiary/aromatic N) is 1. The van der Waals surface area contributed by atoms with Gasteiger partial charge in [0, 0.05) is 12.5 Å². The molecule has 0 fully saturated rings. The Bertz CT molecular complexity index is 350. The van der Waals surface area contributed by atoms with Gasteiger partial charge in [-0.15, -0.1) is 0 Å². The van der Waals surface area contributed by atoms with Gasteiger partial charge in [-0.2, -0.15) is 0 Å². The van der Waals surface area contributed by atoms with Crippen molar-refractivity contribution in [3.8, 4) is 0 Å². The molecule has 0 aliphatic heterocycles. The molecule has 0 aliphatic rings. The minimum absolute atomic E-state index is 0.0323. The largest absolute Gasteiger partial charge is 0.384 e. The second-order valence-corrected chi connectivity index (χ2v) is 3.98. The molecule has 0 unspecified atom stereocenters. The highest BCUT2D eigenvalue weighted by molar-refractivity contribution is 5.48. The molecule has 0 N–H and O–H groups in total. The Hall–Kier alpha value is -1.33. The number of methoxy groups -OCH3 is 1. The van der Waals surface area contributed by atoms with E-state index in [-0.39, 0.29) is 5.41 Å². The molecule has 0 heterocycles. The smallest absolute Gasteiger partial charge is 0.187 e. The molecule has 0 aliphatic carbocycles. The van der Waals surface area contributed by atoms with E-state index in [9.17, 15) is 0 Å². The van der Waals surface area contributed by atoms with Crippen molar-refractivity contribution < 1.29 is 4.74 Å². The standard InChI is InChI=1S/C12H15NO/c1-12(2,9-14-4)10-6-5-7-11(8-10)13-3/h5-8H,9H2,1-2,4H3. The van der Waals surface area contributed by atoms with Crippen molar-refractivity contribution in [1.29, 1.82) is 0 Å². The molecule has 1 aromatic rings. The number of ether oxygens (including phenoxy) is 1. The molecule has 0 amide bonds. The molecule has 0 aromatic heterocycles. The molecule has 2 nitrogen and oxygen atoms in total. The maximum atomic E-state index is 6.94. The highest BCUT2D eigenvalue weighted by atomic mass is 16.5. The van der Waals surface area contributed by atoms with Gasteiger partial charge >= 0.3 is 0 Å². The fourth-order valence-electron chi connectivity index (χ4n) is 1.44. The van der Waals surface area contributed by atoms with Crippen LogP contribution < -0.4 is 0 Å². The lowest BCUT2D eigenvalue weighted by atomic mass is 9.85. The molecule has 0 radical (unpaired) electrons. The summed E-state index contributed by atoms with van der Waals surface area (Å²) in [6.07, 6.45) is 0. The zero-order valence-electron chi connectivity index (χ0n) is 8.87. The molecule has 0 spiro atoms. The fraction of sp³-hybridized carbons (Fsp3) is 0.417. The Labute approximate surface area is 85.3 Å². The maximum absolute atomic E-state index is 6.94. The predicted molar refractivity (Wildman–Crippen MR) is 57.6 cm³/mol. The second kappa shape index (κ2) is 4.26. The summed E-state index contributed by atoms with van der Waals surface area (Å²) in [6.45, 7) is 11.8. The molecule has 0 saturated carbocycles. The van der Waals surface area contributed by atoms with Crippen LogP contribution in [0.2, 0.25) is 0 Å². The van der Waals surface area contributed by atoms with Gasteiger partial charge in [-0.3, -0.25) is 0 Å². The van der Waals surface area contributed by atoms with Crippen molar-refractivity contribution in [2.24, 2.45) is 0 Å². The van der Waals surface area contributed by atoms with Gasteiger partial charge in [0.2, 0.25) is 0 Å². The van der Waals surface area contributed by atoms with Crippen LogP contribution in [0.5, 0.6) is 0 Å². The Balaban J connectivity index is 3.01. The zero-order valence-corrected chi connectivity index (χ0v) is 8.87. The van der Waals surface area contributed by atoms with Crippen LogP contribution in [-0.4, -0.2) is 13.7 Å². The SMILES string of the molecule is [C-]#[N+]c1cccc(C(C)(C)COC)c1. The lowest BCUT2D eigenvalue weighted by molar-refractivity contribution is 0.146. The van der Waals surface area contributed by atoms with E-state index >= 15 is 0 Å². The first-order valence-electron chi connectivity index (χ1n) is 4.57. The van der Waals surface area contributed by atoms with Gasteiger partial charge < -0.3 is 4.74 Å². The molecule has 74 valence electrons. The summed E-state index contributed by atoms with van der Waals surface area (Å²) < 4.78 is 5.16. The van der Waals surface area contributed by atoms with Gasteiger partial charge in [-0.25, -0.2) is 4.85 Å². The van der Waals surface area contributed by atoms with Crippen molar-refractivity contribution >= 4 is 5.69 Å². The van der Waals surface area contributed by atoms with Crippen LogP contribution in [0, 0.1) is 6.57 Å². The van der Waals surface area contributed by atoms with Crippen molar-refractivity contribution in [1.82, 2.24) is 0 Å². The Morgan fingerprint density at radius 1 is 1.43 bits per heavy atom. The second-order valence-electron chi connectivity index (χ2n) is 3.98.